The number of hydrogen-bond donors (Lipinski definition) is 5. The Morgan fingerprint density at radius 3 is 2.29 bits per heavy atom. The van der Waals surface area contributed by atoms with E-state index < -0.39 is 63.1 Å². The number of amides is 4. The number of nitrogens with zero attached hydrogens (tertiary/aromatic N) is 1. The number of aliphatic hydroxyl groups is 1. The van der Waals surface area contributed by atoms with E-state index >= 15 is 0 Å². The van der Waals surface area contributed by atoms with Gasteiger partial charge in [0.25, 0.3) is 5.91 Å². The van der Waals surface area contributed by atoms with E-state index in [2.05, 4.69) is 21.3 Å². The molecule has 0 aliphatic carbocycles. The maximum absolute atomic E-state index is 13.7. The summed E-state index contributed by atoms with van der Waals surface area (Å²) in [4.78, 5) is 54.8. The second-order valence-corrected chi connectivity index (χ2v) is 15.5. The molecule has 1 fully saturated rings. The highest BCUT2D eigenvalue weighted by Gasteiger charge is 2.41. The van der Waals surface area contributed by atoms with Crippen LogP contribution in [0.3, 0.4) is 0 Å². The molecule has 4 amide bonds. The van der Waals surface area contributed by atoms with Crippen LogP contribution in [0.15, 0.2) is 72.8 Å². The lowest BCUT2D eigenvalue weighted by molar-refractivity contribution is -0.147. The van der Waals surface area contributed by atoms with Crippen molar-refractivity contribution < 1.29 is 32.7 Å². The van der Waals surface area contributed by atoms with E-state index in [0.717, 1.165) is 17.0 Å². The van der Waals surface area contributed by atoms with E-state index in [9.17, 15) is 32.7 Å². The van der Waals surface area contributed by atoms with Gasteiger partial charge < -0.3 is 31.3 Å². The molecule has 0 unspecified atom stereocenters. The van der Waals surface area contributed by atoms with Crippen LogP contribution in [0.25, 0.3) is 10.8 Å². The number of sulfone groups is 1. The summed E-state index contributed by atoms with van der Waals surface area (Å²) in [5, 5.41) is 24.3. The molecule has 13 heteroatoms. The zero-order chi connectivity index (χ0) is 35.1. The molecular weight excluding hydrogens is 634 g/mol. The molecule has 4 atom stereocenters. The number of anilines is 1. The van der Waals surface area contributed by atoms with Crippen molar-refractivity contribution in [2.75, 3.05) is 30.4 Å². The Kier molecular flexibility index (Phi) is 11.8. The smallest absolute Gasteiger partial charge is 0.254 e. The molecule has 1 aliphatic rings. The zero-order valence-electron chi connectivity index (χ0n) is 27.7. The van der Waals surface area contributed by atoms with Gasteiger partial charge in [0.05, 0.1) is 18.3 Å². The molecule has 0 radical (unpaired) electrons. The number of hydrogen-bond acceptors (Lipinski definition) is 8. The fraction of sp³-hybridized carbons (Fsp3) is 0.429. The third kappa shape index (κ3) is 10.3. The number of likely N-dealkylation sites (tertiary alicyclic amines) is 1. The van der Waals surface area contributed by atoms with Crippen molar-refractivity contribution >= 4 is 49.9 Å². The van der Waals surface area contributed by atoms with Crippen molar-refractivity contribution in [3.05, 3.63) is 78.4 Å². The van der Waals surface area contributed by atoms with Crippen LogP contribution in [0.4, 0.5) is 5.69 Å². The number of benzene rings is 3. The molecule has 0 saturated carbocycles. The van der Waals surface area contributed by atoms with Crippen LogP contribution < -0.4 is 21.3 Å². The maximum atomic E-state index is 13.7. The Labute approximate surface area is 281 Å². The highest BCUT2D eigenvalue weighted by atomic mass is 32.2. The summed E-state index contributed by atoms with van der Waals surface area (Å²) in [6, 6.07) is 18.5. The van der Waals surface area contributed by atoms with Gasteiger partial charge in [-0.25, -0.2) is 8.42 Å². The minimum Gasteiger partial charge on any atom is -0.381 e. The van der Waals surface area contributed by atoms with Crippen LogP contribution in [0, 0.1) is 0 Å². The van der Waals surface area contributed by atoms with E-state index in [4.69, 9.17) is 0 Å². The summed E-state index contributed by atoms with van der Waals surface area (Å²) >= 11 is 0. The van der Waals surface area contributed by atoms with Crippen molar-refractivity contribution in [2.45, 2.75) is 69.8 Å². The van der Waals surface area contributed by atoms with E-state index in [0.29, 0.717) is 24.1 Å². The van der Waals surface area contributed by atoms with E-state index in [-0.39, 0.29) is 25.4 Å². The molecule has 12 nitrogen and oxygen atoms in total. The molecule has 258 valence electrons. The molecule has 0 spiro atoms. The Bertz CT molecular complexity index is 1720. The first-order valence-corrected chi connectivity index (χ1v) is 18.0. The minimum atomic E-state index is -3.76. The third-order valence-corrected chi connectivity index (χ3v) is 8.89. The predicted octanol–water partition coefficient (Wildman–Crippen LogP) is 1.78. The molecule has 0 aromatic heterocycles. The molecule has 3 aromatic rings. The van der Waals surface area contributed by atoms with Crippen LogP contribution in [-0.4, -0.2) is 96.9 Å². The Morgan fingerprint density at radius 2 is 1.60 bits per heavy atom. The van der Waals surface area contributed by atoms with Crippen molar-refractivity contribution in [2.24, 2.45) is 0 Å². The highest BCUT2D eigenvalue weighted by molar-refractivity contribution is 7.90. The summed E-state index contributed by atoms with van der Waals surface area (Å²) in [6.45, 7) is 5.50. The summed E-state index contributed by atoms with van der Waals surface area (Å²) in [6.07, 6.45) is 0.189. The van der Waals surface area contributed by atoms with Crippen molar-refractivity contribution in [3.8, 4) is 0 Å². The molecule has 4 rings (SSSR count). The van der Waals surface area contributed by atoms with Crippen molar-refractivity contribution in [1.29, 1.82) is 0 Å². The summed E-state index contributed by atoms with van der Waals surface area (Å²) < 4.78 is 24.7. The fourth-order valence-corrected chi connectivity index (χ4v) is 6.62. The van der Waals surface area contributed by atoms with Gasteiger partial charge in [-0.05, 0) is 57.0 Å². The standard InChI is InChI=1S/C35H45N5O7S/c1-35(2,3)39-33(44)29-18-11-19-40(29)34(45)31(42)27(20-23-12-6-5-7-13-23)38-32(43)28(22-48(4,46)47)37-30(41)21-36-26-17-10-15-24-14-8-9-16-25(24)26/h5-10,12-17,27-29,31,36,42H,11,18-22H2,1-4H3,(H,37,41)(H,38,43)(H,39,44)/t27-,28-,29-,31-/m0/s1. The van der Waals surface area contributed by atoms with Gasteiger partial charge in [0.1, 0.15) is 21.9 Å². The lowest BCUT2D eigenvalue weighted by atomic mass is 9.99. The van der Waals surface area contributed by atoms with Crippen molar-refractivity contribution in [3.63, 3.8) is 0 Å². The van der Waals surface area contributed by atoms with E-state index in [1.54, 1.807) is 36.4 Å². The van der Waals surface area contributed by atoms with E-state index in [1.165, 1.54) is 4.90 Å². The molecule has 1 aliphatic heterocycles. The lowest BCUT2D eigenvalue weighted by Crippen LogP contribution is -2.59. The first kappa shape index (κ1) is 36.3. The van der Waals surface area contributed by atoms with Crippen molar-refractivity contribution in [1.82, 2.24) is 20.9 Å². The molecule has 5 N–H and O–H groups in total. The monoisotopic (exact) mass is 679 g/mol. The molecule has 0 bridgehead atoms. The first-order chi connectivity index (χ1) is 22.6. The van der Waals surface area contributed by atoms with Gasteiger partial charge in [-0.1, -0.05) is 66.7 Å². The molecular formula is C35H45N5O7S. The van der Waals surface area contributed by atoms with E-state index in [1.807, 2.05) is 57.2 Å². The zero-order valence-corrected chi connectivity index (χ0v) is 28.5. The number of carbonyl (C=O) groups excluding carboxylic acids is 4. The number of fused-ring (bicyclic) bond motifs is 1. The largest absolute Gasteiger partial charge is 0.381 e. The average molecular weight is 680 g/mol. The highest BCUT2D eigenvalue weighted by Crippen LogP contribution is 2.23. The Hall–Kier alpha value is -4.49. The van der Waals surface area contributed by atoms with Crippen LogP contribution in [0.1, 0.15) is 39.2 Å². The summed E-state index contributed by atoms with van der Waals surface area (Å²) in [7, 11) is -3.76. The van der Waals surface area contributed by atoms with Gasteiger partial charge >= 0.3 is 0 Å². The molecule has 48 heavy (non-hydrogen) atoms. The molecule has 3 aromatic carbocycles. The maximum Gasteiger partial charge on any atom is 0.254 e. The van der Waals surface area contributed by atoms with Gasteiger partial charge in [0.2, 0.25) is 17.7 Å². The average Bonchev–Trinajstić information content (AvgIpc) is 3.52. The number of carbonyl (C=O) groups is 4. The third-order valence-electron chi connectivity index (χ3n) is 7.95. The van der Waals surface area contributed by atoms with Crippen LogP contribution >= 0.6 is 0 Å². The number of rotatable bonds is 13. The van der Waals surface area contributed by atoms with Gasteiger partial charge in [0, 0.05) is 29.4 Å². The Balaban J connectivity index is 1.51. The second-order valence-electron chi connectivity index (χ2n) is 13.3. The topological polar surface area (TPSA) is 174 Å². The Morgan fingerprint density at radius 1 is 0.938 bits per heavy atom. The van der Waals surface area contributed by atoms with Gasteiger partial charge in [-0.3, -0.25) is 19.2 Å². The fourth-order valence-electron chi connectivity index (χ4n) is 5.78. The van der Waals surface area contributed by atoms with Crippen LogP contribution in [-0.2, 0) is 35.4 Å². The number of aliphatic hydroxyl groups excluding tert-OH is 1. The number of nitrogens with one attached hydrogen (secondary N) is 4. The predicted molar refractivity (Wildman–Crippen MR) is 185 cm³/mol. The SMILES string of the molecule is CC(C)(C)NC(=O)[C@@H]1CCCN1C(=O)[C@@H](O)[C@H](Cc1ccccc1)NC(=O)[C@H](CS(C)(=O)=O)NC(=O)CNc1cccc2ccccc12. The second kappa shape index (κ2) is 15.6. The normalized spacial score (nSPS) is 16.9. The van der Waals surface area contributed by atoms with Crippen LogP contribution in [0.2, 0.25) is 0 Å². The first-order valence-electron chi connectivity index (χ1n) is 15.9. The summed E-state index contributed by atoms with van der Waals surface area (Å²) in [5.74, 6) is -3.28. The summed E-state index contributed by atoms with van der Waals surface area (Å²) in [5.41, 5.74) is 0.856. The molecule has 1 heterocycles. The van der Waals surface area contributed by atoms with Gasteiger partial charge in [-0.15, -0.1) is 0 Å². The lowest BCUT2D eigenvalue weighted by Gasteiger charge is -2.32. The minimum absolute atomic E-state index is 0.0222. The van der Waals surface area contributed by atoms with Gasteiger partial charge in [0.15, 0.2) is 6.10 Å². The van der Waals surface area contributed by atoms with Gasteiger partial charge in [-0.2, -0.15) is 0 Å². The quantitative estimate of drug-likeness (QED) is 0.182. The molecule has 1 saturated heterocycles. The van der Waals surface area contributed by atoms with Crippen LogP contribution in [0.5, 0.6) is 0 Å².